The maximum absolute atomic E-state index is 11.6. The van der Waals surface area contributed by atoms with Crippen molar-refractivity contribution in [2.75, 3.05) is 7.11 Å². The van der Waals surface area contributed by atoms with Gasteiger partial charge in [0, 0.05) is 18.9 Å². The highest BCUT2D eigenvalue weighted by Crippen LogP contribution is 2.73. The Morgan fingerprint density at radius 3 is 2.92 bits per heavy atom. The molecule has 0 aromatic carbocycles. The van der Waals surface area contributed by atoms with Crippen LogP contribution in [0.3, 0.4) is 0 Å². The Bertz CT molecular complexity index is 324. The minimum atomic E-state index is -0.267. The van der Waals surface area contributed by atoms with Gasteiger partial charge in [-0.3, -0.25) is 4.79 Å². The van der Waals surface area contributed by atoms with E-state index >= 15 is 0 Å². The summed E-state index contributed by atoms with van der Waals surface area (Å²) in [6.45, 7) is 0. The Morgan fingerprint density at radius 2 is 2.23 bits per heavy atom. The summed E-state index contributed by atoms with van der Waals surface area (Å²) >= 11 is 0. The van der Waals surface area contributed by atoms with Gasteiger partial charge < -0.3 is 4.74 Å². The van der Waals surface area contributed by atoms with Gasteiger partial charge >= 0.3 is 0 Å². The third kappa shape index (κ3) is 0.573. The van der Waals surface area contributed by atoms with Gasteiger partial charge in [-0.05, 0) is 6.42 Å². The molecule has 0 amide bonds. The predicted octanol–water partition coefficient (Wildman–Crippen LogP) is 1.48. The van der Waals surface area contributed by atoms with E-state index in [4.69, 9.17) is 4.74 Å². The van der Waals surface area contributed by atoms with Crippen LogP contribution in [0.25, 0.3) is 0 Å². The zero-order valence-corrected chi connectivity index (χ0v) is 7.62. The molecule has 0 N–H and O–H groups in total. The van der Waals surface area contributed by atoms with Crippen LogP contribution in [-0.4, -0.2) is 18.5 Å². The number of carbonyl (C=O) groups is 1. The summed E-state index contributed by atoms with van der Waals surface area (Å²) in [6.07, 6.45) is 9.93. The Morgan fingerprint density at radius 1 is 1.46 bits per heavy atom. The maximum Gasteiger partial charge on any atom is 0.140 e. The van der Waals surface area contributed by atoms with Gasteiger partial charge in [-0.25, -0.2) is 0 Å². The zero-order chi connectivity index (χ0) is 9.10. The summed E-state index contributed by atoms with van der Waals surface area (Å²) < 4.78 is 5.52. The van der Waals surface area contributed by atoms with Crippen LogP contribution >= 0.6 is 0 Å². The minimum Gasteiger partial charge on any atom is -0.372 e. The van der Waals surface area contributed by atoms with Gasteiger partial charge in [0.05, 0.1) is 5.92 Å². The second-order valence-corrected chi connectivity index (χ2v) is 4.16. The number of hydrogen-bond acceptors (Lipinski definition) is 2. The smallest absolute Gasteiger partial charge is 0.140 e. The summed E-state index contributed by atoms with van der Waals surface area (Å²) in [5.41, 5.74) is -0.231. The van der Waals surface area contributed by atoms with Crippen molar-refractivity contribution in [3.8, 4) is 0 Å². The molecule has 1 unspecified atom stereocenters. The molecule has 3 rings (SSSR count). The lowest BCUT2D eigenvalue weighted by atomic mass is 9.93. The van der Waals surface area contributed by atoms with E-state index in [1.54, 1.807) is 7.11 Å². The molecule has 3 atom stereocenters. The van der Waals surface area contributed by atoms with Gasteiger partial charge in [0.15, 0.2) is 0 Å². The lowest BCUT2D eigenvalue weighted by molar-refractivity contribution is -0.121. The second kappa shape index (κ2) is 1.95. The molecular formula is C11H12O2. The highest BCUT2D eigenvalue weighted by molar-refractivity contribution is 5.92. The average molecular weight is 176 g/mol. The van der Waals surface area contributed by atoms with Gasteiger partial charge in [0.2, 0.25) is 0 Å². The summed E-state index contributed by atoms with van der Waals surface area (Å²) in [7, 11) is 1.71. The standard InChI is InChI=1S/C11H12O2/c1-13-11-6-3-2-5-10(11)7-4-8(12)9(10)11/h2-3,5-6,9H,4,7H2,1H3/t9-,10?,11-/m1/s1. The molecule has 1 spiro atoms. The van der Waals surface area contributed by atoms with Crippen molar-refractivity contribution in [3.05, 3.63) is 24.3 Å². The molecule has 2 nitrogen and oxygen atoms in total. The van der Waals surface area contributed by atoms with E-state index in [0.717, 1.165) is 12.8 Å². The van der Waals surface area contributed by atoms with Gasteiger partial charge in [0.25, 0.3) is 0 Å². The van der Waals surface area contributed by atoms with E-state index in [9.17, 15) is 4.79 Å². The van der Waals surface area contributed by atoms with E-state index in [1.165, 1.54) is 0 Å². The van der Waals surface area contributed by atoms with Crippen molar-refractivity contribution in [1.82, 2.24) is 0 Å². The number of carbonyl (C=O) groups excluding carboxylic acids is 1. The first kappa shape index (κ1) is 7.51. The number of methoxy groups -OCH3 is 1. The first-order chi connectivity index (χ1) is 6.27. The fourth-order valence-corrected chi connectivity index (χ4v) is 3.26. The van der Waals surface area contributed by atoms with Crippen LogP contribution in [-0.2, 0) is 9.53 Å². The molecule has 2 fully saturated rings. The molecule has 0 bridgehead atoms. The van der Waals surface area contributed by atoms with Crippen LogP contribution in [0.4, 0.5) is 0 Å². The fourth-order valence-electron chi connectivity index (χ4n) is 3.26. The molecule has 0 saturated heterocycles. The first-order valence-electron chi connectivity index (χ1n) is 4.72. The molecule has 0 heterocycles. The Balaban J connectivity index is 2.11. The lowest BCUT2D eigenvalue weighted by Crippen LogP contribution is -2.24. The van der Waals surface area contributed by atoms with Crippen molar-refractivity contribution in [2.24, 2.45) is 11.3 Å². The van der Waals surface area contributed by atoms with Crippen LogP contribution in [0.15, 0.2) is 24.3 Å². The fraction of sp³-hybridized carbons (Fsp3) is 0.545. The van der Waals surface area contributed by atoms with Crippen molar-refractivity contribution < 1.29 is 9.53 Å². The van der Waals surface area contributed by atoms with Crippen molar-refractivity contribution in [2.45, 2.75) is 18.4 Å². The molecule has 3 aliphatic carbocycles. The molecule has 68 valence electrons. The van der Waals surface area contributed by atoms with Gasteiger partial charge in [-0.2, -0.15) is 0 Å². The molecule has 0 aliphatic heterocycles. The summed E-state index contributed by atoms with van der Waals surface area (Å²) in [5, 5.41) is 0. The maximum atomic E-state index is 11.6. The van der Waals surface area contributed by atoms with Crippen LogP contribution in [0.2, 0.25) is 0 Å². The van der Waals surface area contributed by atoms with Crippen LogP contribution in [0, 0.1) is 11.3 Å². The summed E-state index contributed by atoms with van der Waals surface area (Å²) in [4.78, 5) is 11.6. The molecule has 3 aliphatic rings. The number of hydrogen-bond donors (Lipinski definition) is 0. The highest BCUT2D eigenvalue weighted by atomic mass is 16.5. The first-order valence-corrected chi connectivity index (χ1v) is 4.72. The highest BCUT2D eigenvalue weighted by Gasteiger charge is 2.80. The van der Waals surface area contributed by atoms with E-state index in [2.05, 4.69) is 12.2 Å². The number of ketones is 1. The SMILES string of the molecule is CO[C@@]12C=CC=CC13CCC(=O)[C@H]32. The molecule has 13 heavy (non-hydrogen) atoms. The number of rotatable bonds is 1. The van der Waals surface area contributed by atoms with Crippen LogP contribution in [0.5, 0.6) is 0 Å². The van der Waals surface area contributed by atoms with Gasteiger partial charge in [0.1, 0.15) is 11.4 Å². The lowest BCUT2D eigenvalue weighted by Gasteiger charge is -2.21. The monoisotopic (exact) mass is 176 g/mol. The van der Waals surface area contributed by atoms with E-state index in [-0.39, 0.29) is 16.9 Å². The van der Waals surface area contributed by atoms with Crippen molar-refractivity contribution >= 4 is 5.78 Å². The quantitative estimate of drug-likeness (QED) is 0.605. The molecular weight excluding hydrogens is 164 g/mol. The number of ether oxygens (including phenoxy) is 1. The number of allylic oxidation sites excluding steroid dienone is 2. The van der Waals surface area contributed by atoms with Crippen molar-refractivity contribution in [1.29, 1.82) is 0 Å². The van der Waals surface area contributed by atoms with Crippen molar-refractivity contribution in [3.63, 3.8) is 0 Å². The van der Waals surface area contributed by atoms with E-state index in [0.29, 0.717) is 5.78 Å². The summed E-state index contributed by atoms with van der Waals surface area (Å²) in [6, 6.07) is 0. The van der Waals surface area contributed by atoms with Crippen LogP contribution in [0.1, 0.15) is 12.8 Å². The molecule has 2 heteroatoms. The summed E-state index contributed by atoms with van der Waals surface area (Å²) in [5.74, 6) is 0.484. The van der Waals surface area contributed by atoms with Crippen LogP contribution < -0.4 is 0 Å². The number of Topliss-reactive ketones (excluding diaryl/α,β-unsaturated/α-hetero) is 1. The van der Waals surface area contributed by atoms with Gasteiger partial charge in [-0.1, -0.05) is 24.3 Å². The largest absolute Gasteiger partial charge is 0.372 e. The van der Waals surface area contributed by atoms with Gasteiger partial charge in [-0.15, -0.1) is 0 Å². The Hall–Kier alpha value is -0.890. The molecule has 0 aromatic heterocycles. The second-order valence-electron chi connectivity index (χ2n) is 4.16. The molecule has 0 aromatic rings. The normalized spacial score (nSPS) is 50.5. The Kier molecular flexibility index (Phi) is 1.13. The average Bonchev–Trinajstić information content (AvgIpc) is 2.66. The minimum absolute atomic E-state index is 0.0353. The molecule has 2 saturated carbocycles. The Labute approximate surface area is 77.3 Å². The van der Waals surface area contributed by atoms with E-state index < -0.39 is 0 Å². The zero-order valence-electron chi connectivity index (χ0n) is 7.62. The number of fused-ring (bicyclic) bond motifs is 1. The predicted molar refractivity (Wildman–Crippen MR) is 48.2 cm³/mol. The third-order valence-electron chi connectivity index (χ3n) is 3.88. The topological polar surface area (TPSA) is 26.3 Å². The third-order valence-corrected chi connectivity index (χ3v) is 3.88. The molecule has 0 radical (unpaired) electrons. The van der Waals surface area contributed by atoms with E-state index in [1.807, 2.05) is 12.2 Å².